The van der Waals surface area contributed by atoms with Gasteiger partial charge in [0.2, 0.25) is 0 Å². The molecule has 0 bridgehead atoms. The number of aromatic nitrogens is 2. The van der Waals surface area contributed by atoms with Crippen LogP contribution < -0.4 is 10.8 Å². The van der Waals surface area contributed by atoms with Crippen LogP contribution in [-0.4, -0.2) is 22.5 Å². The van der Waals surface area contributed by atoms with Crippen molar-refractivity contribution in [2.24, 2.45) is 5.92 Å². The lowest BCUT2D eigenvalue weighted by atomic mass is 10.1. The zero-order valence-corrected chi connectivity index (χ0v) is 15.2. The van der Waals surface area contributed by atoms with E-state index in [0.29, 0.717) is 18.0 Å². The average Bonchev–Trinajstić information content (AvgIpc) is 3.33. The van der Waals surface area contributed by atoms with E-state index in [0.717, 1.165) is 29.7 Å². The number of imidazole rings is 1. The maximum atomic E-state index is 15.1. The van der Waals surface area contributed by atoms with Crippen molar-refractivity contribution in [1.82, 2.24) is 15.4 Å². The van der Waals surface area contributed by atoms with Gasteiger partial charge in [0, 0.05) is 5.69 Å². The van der Waals surface area contributed by atoms with Gasteiger partial charge in [-0.1, -0.05) is 17.7 Å². The molecule has 27 heavy (non-hydrogen) atoms. The highest BCUT2D eigenvalue weighted by Gasteiger charge is 2.24. The number of anilines is 2. The third-order valence-electron chi connectivity index (χ3n) is 4.72. The third kappa shape index (κ3) is 3.64. The van der Waals surface area contributed by atoms with E-state index in [9.17, 15) is 4.79 Å². The molecule has 0 aliphatic heterocycles. The van der Waals surface area contributed by atoms with Crippen LogP contribution in [0, 0.1) is 25.6 Å². The number of carbonyl (C=O) groups excluding carboxylic acids is 1. The second kappa shape index (κ2) is 7.00. The van der Waals surface area contributed by atoms with Crippen molar-refractivity contribution in [2.45, 2.75) is 26.7 Å². The Bertz CT molecular complexity index is 1010. The Kier molecular flexibility index (Phi) is 4.53. The van der Waals surface area contributed by atoms with Crippen LogP contribution in [0.25, 0.3) is 11.0 Å². The second-order valence-corrected chi connectivity index (χ2v) is 7.04. The van der Waals surface area contributed by atoms with Gasteiger partial charge in [0.1, 0.15) is 5.52 Å². The van der Waals surface area contributed by atoms with Crippen molar-refractivity contribution in [3.63, 3.8) is 0 Å². The van der Waals surface area contributed by atoms with Gasteiger partial charge in [0.05, 0.1) is 29.7 Å². The quantitative estimate of drug-likeness (QED) is 0.572. The number of nitrogens with zero attached hydrogens (tertiary/aromatic N) is 1. The molecule has 0 atom stereocenters. The van der Waals surface area contributed by atoms with E-state index in [2.05, 4.69) is 20.8 Å². The van der Waals surface area contributed by atoms with Crippen LogP contribution in [0.2, 0.25) is 0 Å². The molecule has 2 aromatic carbocycles. The summed E-state index contributed by atoms with van der Waals surface area (Å²) in [6, 6.07) is 7.36. The van der Waals surface area contributed by atoms with Gasteiger partial charge in [-0.15, -0.1) is 0 Å². The first-order chi connectivity index (χ1) is 13.0. The zero-order chi connectivity index (χ0) is 19.0. The molecule has 0 unspecified atom stereocenters. The lowest BCUT2D eigenvalue weighted by Gasteiger charge is -2.15. The summed E-state index contributed by atoms with van der Waals surface area (Å²) in [5.41, 5.74) is 6.06. The molecule has 0 saturated heterocycles. The van der Waals surface area contributed by atoms with Crippen LogP contribution in [0.4, 0.5) is 15.8 Å². The molecule has 4 rings (SSSR count). The van der Waals surface area contributed by atoms with Crippen LogP contribution in [0.15, 0.2) is 30.6 Å². The molecular formula is C20H21FN4O2. The van der Waals surface area contributed by atoms with E-state index in [1.165, 1.54) is 6.33 Å². The van der Waals surface area contributed by atoms with E-state index in [1.54, 1.807) is 6.07 Å². The van der Waals surface area contributed by atoms with Crippen molar-refractivity contribution in [3.8, 4) is 0 Å². The number of rotatable bonds is 6. The monoisotopic (exact) mass is 368 g/mol. The topological polar surface area (TPSA) is 79.0 Å². The van der Waals surface area contributed by atoms with Gasteiger partial charge in [-0.3, -0.25) is 9.63 Å². The van der Waals surface area contributed by atoms with Crippen LogP contribution in [0.5, 0.6) is 0 Å². The van der Waals surface area contributed by atoms with Gasteiger partial charge in [-0.2, -0.15) is 0 Å². The number of H-pyrrole nitrogens is 1. The summed E-state index contributed by atoms with van der Waals surface area (Å²) in [6.45, 7) is 4.39. The number of aromatic amines is 1. The second-order valence-electron chi connectivity index (χ2n) is 7.04. The van der Waals surface area contributed by atoms with Crippen LogP contribution >= 0.6 is 0 Å². The van der Waals surface area contributed by atoms with E-state index in [1.807, 2.05) is 32.0 Å². The smallest absolute Gasteiger partial charge is 0.277 e. The molecular weight excluding hydrogens is 347 g/mol. The Morgan fingerprint density at radius 1 is 1.33 bits per heavy atom. The largest absolute Gasteiger partial charge is 0.352 e. The number of hydroxylamine groups is 1. The fourth-order valence-corrected chi connectivity index (χ4v) is 3.00. The number of nitrogens with one attached hydrogen (secondary N) is 3. The Hall–Kier alpha value is -2.93. The van der Waals surface area contributed by atoms with Gasteiger partial charge >= 0.3 is 0 Å². The van der Waals surface area contributed by atoms with Crippen molar-refractivity contribution >= 4 is 28.3 Å². The summed E-state index contributed by atoms with van der Waals surface area (Å²) in [5, 5.41) is 3.07. The number of amides is 1. The highest BCUT2D eigenvalue weighted by Crippen LogP contribution is 2.32. The van der Waals surface area contributed by atoms with E-state index < -0.39 is 11.7 Å². The Morgan fingerprint density at radius 3 is 2.89 bits per heavy atom. The predicted octanol–water partition coefficient (Wildman–Crippen LogP) is 4.13. The molecule has 1 aromatic heterocycles. The molecule has 6 nitrogen and oxygen atoms in total. The molecule has 3 aromatic rings. The molecule has 1 fully saturated rings. The van der Waals surface area contributed by atoms with Gasteiger partial charge < -0.3 is 10.3 Å². The minimum atomic E-state index is -0.582. The third-order valence-corrected chi connectivity index (χ3v) is 4.72. The van der Waals surface area contributed by atoms with Crippen LogP contribution in [0.3, 0.4) is 0 Å². The summed E-state index contributed by atoms with van der Waals surface area (Å²) in [4.78, 5) is 24.8. The summed E-state index contributed by atoms with van der Waals surface area (Å²) in [7, 11) is 0. The highest BCUT2D eigenvalue weighted by molar-refractivity contribution is 6.04. The SMILES string of the molecule is Cc1ccc(Nc2c(C(=O)NOCC3CC3)cc3[nH]cnc3c2F)c(C)c1. The highest BCUT2D eigenvalue weighted by atomic mass is 19.1. The summed E-state index contributed by atoms with van der Waals surface area (Å²) >= 11 is 0. The van der Waals surface area contributed by atoms with E-state index >= 15 is 4.39 Å². The van der Waals surface area contributed by atoms with E-state index in [4.69, 9.17) is 4.84 Å². The fourth-order valence-electron chi connectivity index (χ4n) is 3.00. The molecule has 1 aliphatic rings. The minimum Gasteiger partial charge on any atom is -0.352 e. The molecule has 0 spiro atoms. The Balaban J connectivity index is 1.69. The minimum absolute atomic E-state index is 0.0778. The molecule has 0 radical (unpaired) electrons. The van der Waals surface area contributed by atoms with Gasteiger partial charge in [-0.25, -0.2) is 14.9 Å². The molecule has 1 saturated carbocycles. The predicted molar refractivity (Wildman–Crippen MR) is 101 cm³/mol. The van der Waals surface area contributed by atoms with Gasteiger partial charge in [-0.05, 0) is 50.3 Å². The van der Waals surface area contributed by atoms with Crippen molar-refractivity contribution in [3.05, 3.63) is 53.1 Å². The lowest BCUT2D eigenvalue weighted by Crippen LogP contribution is -2.26. The van der Waals surface area contributed by atoms with Crippen molar-refractivity contribution in [1.29, 1.82) is 0 Å². The number of fused-ring (bicyclic) bond motifs is 1. The molecule has 1 aliphatic carbocycles. The van der Waals surface area contributed by atoms with Gasteiger partial charge in [0.25, 0.3) is 5.91 Å². The number of aryl methyl sites for hydroxylation is 2. The van der Waals surface area contributed by atoms with Crippen LogP contribution in [0.1, 0.15) is 34.3 Å². The summed E-state index contributed by atoms with van der Waals surface area (Å²) in [5.74, 6) is -0.579. The molecule has 3 N–H and O–H groups in total. The maximum absolute atomic E-state index is 15.1. The van der Waals surface area contributed by atoms with E-state index in [-0.39, 0.29) is 16.8 Å². The molecule has 1 amide bonds. The maximum Gasteiger partial charge on any atom is 0.277 e. The first-order valence-corrected chi connectivity index (χ1v) is 8.95. The molecule has 7 heteroatoms. The zero-order valence-electron chi connectivity index (χ0n) is 15.2. The standard InChI is InChI=1S/C20H21FN4O2/c1-11-3-6-15(12(2)7-11)24-18-14(20(26)25-27-9-13-4-5-13)8-16-19(17(18)21)23-10-22-16/h3,6-8,10,13,24H,4-5,9H2,1-2H3,(H,22,23)(H,25,26). The van der Waals surface area contributed by atoms with Gasteiger partial charge in [0.15, 0.2) is 5.82 Å². The Labute approximate surface area is 156 Å². The van der Waals surface area contributed by atoms with Crippen molar-refractivity contribution < 1.29 is 14.0 Å². The molecule has 1 heterocycles. The van der Waals surface area contributed by atoms with Crippen molar-refractivity contribution in [2.75, 3.05) is 11.9 Å². The normalized spacial score (nSPS) is 13.7. The lowest BCUT2D eigenvalue weighted by molar-refractivity contribution is 0.0271. The Morgan fingerprint density at radius 2 is 2.15 bits per heavy atom. The number of hydrogen-bond donors (Lipinski definition) is 3. The average molecular weight is 368 g/mol. The number of carbonyl (C=O) groups is 1. The van der Waals surface area contributed by atoms with Crippen LogP contribution in [-0.2, 0) is 4.84 Å². The number of hydrogen-bond acceptors (Lipinski definition) is 4. The number of halogens is 1. The first kappa shape index (κ1) is 17.5. The first-order valence-electron chi connectivity index (χ1n) is 8.95. The molecule has 140 valence electrons. The fraction of sp³-hybridized carbons (Fsp3) is 0.300. The number of benzene rings is 2. The summed E-state index contributed by atoms with van der Waals surface area (Å²) in [6.07, 6.45) is 3.63. The summed E-state index contributed by atoms with van der Waals surface area (Å²) < 4.78 is 15.1.